The second-order valence-corrected chi connectivity index (χ2v) is 4.64. The maximum absolute atomic E-state index is 12.0. The molecular formula is C18H19NO2. The summed E-state index contributed by atoms with van der Waals surface area (Å²) in [6, 6.07) is 15.4. The number of anilines is 1. The number of amides is 1. The summed E-state index contributed by atoms with van der Waals surface area (Å²) in [5.74, 6) is 0.598. The largest absolute Gasteiger partial charge is 0.494 e. The lowest BCUT2D eigenvalue weighted by Crippen LogP contribution is -2.09. The van der Waals surface area contributed by atoms with E-state index in [-0.39, 0.29) is 5.91 Å². The van der Waals surface area contributed by atoms with Crippen molar-refractivity contribution in [1.29, 1.82) is 0 Å². The van der Waals surface area contributed by atoms with E-state index in [1.807, 2.05) is 62.4 Å². The van der Waals surface area contributed by atoms with Gasteiger partial charge >= 0.3 is 0 Å². The summed E-state index contributed by atoms with van der Waals surface area (Å²) in [5, 5.41) is 2.87. The van der Waals surface area contributed by atoms with E-state index in [2.05, 4.69) is 5.32 Å². The molecule has 2 rings (SSSR count). The van der Waals surface area contributed by atoms with Gasteiger partial charge in [-0.1, -0.05) is 36.4 Å². The van der Waals surface area contributed by atoms with Crippen molar-refractivity contribution in [2.75, 3.05) is 11.9 Å². The molecule has 3 heteroatoms. The van der Waals surface area contributed by atoms with E-state index in [1.165, 1.54) is 6.08 Å². The molecule has 0 atom stereocenters. The first kappa shape index (κ1) is 14.9. The molecule has 1 N–H and O–H groups in total. The van der Waals surface area contributed by atoms with E-state index in [1.54, 1.807) is 6.08 Å². The van der Waals surface area contributed by atoms with Gasteiger partial charge in [0.15, 0.2) is 0 Å². The van der Waals surface area contributed by atoms with E-state index in [0.717, 1.165) is 22.6 Å². The van der Waals surface area contributed by atoms with Crippen LogP contribution in [0.3, 0.4) is 0 Å². The normalized spacial score (nSPS) is 10.6. The molecule has 2 aromatic carbocycles. The Kier molecular flexibility index (Phi) is 5.16. The fourth-order valence-corrected chi connectivity index (χ4v) is 1.90. The maximum atomic E-state index is 12.0. The minimum atomic E-state index is -0.157. The minimum Gasteiger partial charge on any atom is -0.494 e. The number of aryl methyl sites for hydroxylation is 1. The zero-order chi connectivity index (χ0) is 15.1. The van der Waals surface area contributed by atoms with Gasteiger partial charge < -0.3 is 10.1 Å². The highest BCUT2D eigenvalue weighted by molar-refractivity contribution is 6.02. The predicted octanol–water partition coefficient (Wildman–Crippen LogP) is 4.05. The molecule has 0 fully saturated rings. The molecule has 0 aromatic heterocycles. The van der Waals surface area contributed by atoms with Gasteiger partial charge in [0.1, 0.15) is 5.75 Å². The van der Waals surface area contributed by atoms with Crippen LogP contribution < -0.4 is 10.1 Å². The number of hydrogen-bond acceptors (Lipinski definition) is 2. The Morgan fingerprint density at radius 2 is 1.95 bits per heavy atom. The molecule has 0 aliphatic heterocycles. The molecule has 21 heavy (non-hydrogen) atoms. The Hall–Kier alpha value is -2.55. The number of benzene rings is 2. The van der Waals surface area contributed by atoms with E-state index in [4.69, 9.17) is 4.74 Å². The highest BCUT2D eigenvalue weighted by Gasteiger charge is 2.04. The van der Waals surface area contributed by atoms with Crippen LogP contribution in [-0.2, 0) is 4.79 Å². The third kappa shape index (κ3) is 4.49. The summed E-state index contributed by atoms with van der Waals surface area (Å²) >= 11 is 0. The van der Waals surface area contributed by atoms with E-state index in [9.17, 15) is 4.79 Å². The molecular weight excluding hydrogens is 262 g/mol. The van der Waals surface area contributed by atoms with E-state index in [0.29, 0.717) is 6.61 Å². The number of nitrogens with one attached hydrogen (secondary N) is 1. The Balaban J connectivity index is 2.05. The minimum absolute atomic E-state index is 0.157. The summed E-state index contributed by atoms with van der Waals surface area (Å²) in [7, 11) is 0. The smallest absolute Gasteiger partial charge is 0.248 e. The third-order valence-corrected chi connectivity index (χ3v) is 3.00. The number of carbonyl (C=O) groups excluding carboxylic acids is 1. The molecule has 2 aromatic rings. The van der Waals surface area contributed by atoms with Gasteiger partial charge in [0.2, 0.25) is 5.91 Å². The standard InChI is InChI=1S/C18H19NO2/c1-3-21-16-11-9-14(2)17(13-16)19-18(20)12-10-15-7-5-4-6-8-15/h4-13H,3H2,1-2H3,(H,19,20)/b12-10+. The Morgan fingerprint density at radius 3 is 2.67 bits per heavy atom. The molecule has 0 saturated carbocycles. The van der Waals surface area contributed by atoms with Crippen molar-refractivity contribution in [1.82, 2.24) is 0 Å². The first-order valence-corrected chi connectivity index (χ1v) is 6.96. The molecule has 0 bridgehead atoms. The SMILES string of the molecule is CCOc1ccc(C)c(NC(=O)/C=C/c2ccccc2)c1. The topological polar surface area (TPSA) is 38.3 Å². The van der Waals surface area contributed by atoms with Crippen LogP contribution in [0.4, 0.5) is 5.69 Å². The van der Waals surface area contributed by atoms with Crippen LogP contribution in [0.1, 0.15) is 18.1 Å². The van der Waals surface area contributed by atoms with Crippen molar-refractivity contribution in [2.24, 2.45) is 0 Å². The van der Waals surface area contributed by atoms with Crippen molar-refractivity contribution in [2.45, 2.75) is 13.8 Å². The van der Waals surface area contributed by atoms with Crippen LogP contribution in [0.25, 0.3) is 6.08 Å². The van der Waals surface area contributed by atoms with E-state index < -0.39 is 0 Å². The van der Waals surface area contributed by atoms with Crippen molar-refractivity contribution in [3.05, 3.63) is 65.7 Å². The van der Waals surface area contributed by atoms with Crippen molar-refractivity contribution in [3.63, 3.8) is 0 Å². The Morgan fingerprint density at radius 1 is 1.19 bits per heavy atom. The molecule has 0 aliphatic carbocycles. The van der Waals surface area contributed by atoms with Gasteiger partial charge in [-0.2, -0.15) is 0 Å². The van der Waals surface area contributed by atoms with Crippen molar-refractivity contribution >= 4 is 17.7 Å². The lowest BCUT2D eigenvalue weighted by Gasteiger charge is -2.09. The zero-order valence-corrected chi connectivity index (χ0v) is 12.3. The summed E-state index contributed by atoms with van der Waals surface area (Å²) in [4.78, 5) is 12.0. The van der Waals surface area contributed by atoms with Gasteiger partial charge in [-0.25, -0.2) is 0 Å². The Bertz CT molecular complexity index is 633. The molecule has 0 heterocycles. The van der Waals surface area contributed by atoms with Gasteiger partial charge in [-0.15, -0.1) is 0 Å². The lowest BCUT2D eigenvalue weighted by molar-refractivity contribution is -0.111. The van der Waals surface area contributed by atoms with Gasteiger partial charge in [-0.05, 0) is 37.1 Å². The molecule has 0 aliphatic rings. The van der Waals surface area contributed by atoms with Crippen LogP contribution in [0.15, 0.2) is 54.6 Å². The average Bonchev–Trinajstić information content (AvgIpc) is 2.50. The van der Waals surface area contributed by atoms with Crippen LogP contribution >= 0.6 is 0 Å². The summed E-state index contributed by atoms with van der Waals surface area (Å²) in [6.45, 7) is 4.48. The average molecular weight is 281 g/mol. The number of rotatable bonds is 5. The first-order valence-electron chi connectivity index (χ1n) is 6.96. The van der Waals surface area contributed by atoms with Gasteiger partial charge in [0.25, 0.3) is 0 Å². The Labute approximate surface area is 125 Å². The molecule has 3 nitrogen and oxygen atoms in total. The lowest BCUT2D eigenvalue weighted by atomic mass is 10.2. The summed E-state index contributed by atoms with van der Waals surface area (Å²) < 4.78 is 5.44. The predicted molar refractivity (Wildman–Crippen MR) is 86.5 cm³/mol. The molecule has 0 saturated heterocycles. The second kappa shape index (κ2) is 7.29. The van der Waals surface area contributed by atoms with Crippen LogP contribution in [-0.4, -0.2) is 12.5 Å². The molecule has 0 spiro atoms. The first-order chi connectivity index (χ1) is 10.2. The van der Waals surface area contributed by atoms with Crippen molar-refractivity contribution in [3.8, 4) is 5.75 Å². The highest BCUT2D eigenvalue weighted by Crippen LogP contribution is 2.22. The van der Waals surface area contributed by atoms with Gasteiger partial charge in [0, 0.05) is 17.8 Å². The zero-order valence-electron chi connectivity index (χ0n) is 12.3. The number of ether oxygens (including phenoxy) is 1. The van der Waals surface area contributed by atoms with Crippen LogP contribution in [0.5, 0.6) is 5.75 Å². The van der Waals surface area contributed by atoms with Crippen LogP contribution in [0, 0.1) is 6.92 Å². The fourth-order valence-electron chi connectivity index (χ4n) is 1.90. The van der Waals surface area contributed by atoms with Crippen LogP contribution in [0.2, 0.25) is 0 Å². The third-order valence-electron chi connectivity index (χ3n) is 3.00. The monoisotopic (exact) mass is 281 g/mol. The quantitative estimate of drug-likeness (QED) is 0.840. The molecule has 108 valence electrons. The highest BCUT2D eigenvalue weighted by atomic mass is 16.5. The number of carbonyl (C=O) groups is 1. The van der Waals surface area contributed by atoms with Gasteiger partial charge in [0.05, 0.1) is 6.61 Å². The molecule has 1 amide bonds. The van der Waals surface area contributed by atoms with Gasteiger partial charge in [-0.3, -0.25) is 4.79 Å². The molecule has 0 radical (unpaired) electrons. The maximum Gasteiger partial charge on any atom is 0.248 e. The van der Waals surface area contributed by atoms with Crippen molar-refractivity contribution < 1.29 is 9.53 Å². The fraction of sp³-hybridized carbons (Fsp3) is 0.167. The van der Waals surface area contributed by atoms with E-state index >= 15 is 0 Å². The number of hydrogen-bond donors (Lipinski definition) is 1. The summed E-state index contributed by atoms with van der Waals surface area (Å²) in [6.07, 6.45) is 3.32. The molecule has 0 unspecified atom stereocenters. The summed E-state index contributed by atoms with van der Waals surface area (Å²) in [5.41, 5.74) is 2.76. The second-order valence-electron chi connectivity index (χ2n) is 4.64.